The lowest BCUT2D eigenvalue weighted by Gasteiger charge is -2.33. The van der Waals surface area contributed by atoms with E-state index in [1.807, 2.05) is 0 Å². The van der Waals surface area contributed by atoms with E-state index in [0.717, 1.165) is 32.6 Å². The van der Waals surface area contributed by atoms with Crippen LogP contribution in [0.15, 0.2) is 30.3 Å². The van der Waals surface area contributed by atoms with Crippen LogP contribution in [0.3, 0.4) is 0 Å². The highest BCUT2D eigenvalue weighted by Crippen LogP contribution is 2.16. The first-order valence-electron chi connectivity index (χ1n) is 5.84. The Bertz CT molecular complexity index is 353. The van der Waals surface area contributed by atoms with Gasteiger partial charge in [0.25, 0.3) is 0 Å². The van der Waals surface area contributed by atoms with Gasteiger partial charge in [0.05, 0.1) is 0 Å². The highest BCUT2D eigenvalue weighted by molar-refractivity contribution is 5.19. The Morgan fingerprint density at radius 1 is 1.38 bits per heavy atom. The smallest absolute Gasteiger partial charge is 0.0449 e. The van der Waals surface area contributed by atoms with Gasteiger partial charge >= 0.3 is 0 Å². The first-order valence-corrected chi connectivity index (χ1v) is 5.84. The zero-order chi connectivity index (χ0) is 11.2. The van der Waals surface area contributed by atoms with Crippen molar-refractivity contribution in [3.05, 3.63) is 35.9 Å². The maximum absolute atomic E-state index is 5.30. The van der Waals surface area contributed by atoms with Crippen molar-refractivity contribution in [1.82, 2.24) is 10.2 Å². The Labute approximate surface area is 97.7 Å². The molecule has 1 atom stereocenters. The standard InChI is InChI=1S/C14H18N2/c1-2-3-10-16-11-9-15-14(12-16)13-7-5-4-6-8-13/h1,4-8,14-15H,3,9-12H2. The Kier molecular flexibility index (Phi) is 3.98. The van der Waals surface area contributed by atoms with Crippen LogP contribution in [-0.2, 0) is 0 Å². The van der Waals surface area contributed by atoms with Crippen LogP contribution < -0.4 is 5.32 Å². The largest absolute Gasteiger partial charge is 0.308 e. The molecule has 1 saturated heterocycles. The second kappa shape index (κ2) is 5.69. The summed E-state index contributed by atoms with van der Waals surface area (Å²) < 4.78 is 0. The van der Waals surface area contributed by atoms with Crippen LogP contribution in [0, 0.1) is 12.3 Å². The van der Waals surface area contributed by atoms with Crippen molar-refractivity contribution in [3.8, 4) is 12.3 Å². The molecule has 2 heteroatoms. The van der Waals surface area contributed by atoms with Gasteiger partial charge in [-0.25, -0.2) is 0 Å². The molecule has 1 fully saturated rings. The number of hydrogen-bond acceptors (Lipinski definition) is 2. The van der Waals surface area contributed by atoms with Gasteiger partial charge in [-0.05, 0) is 5.56 Å². The van der Waals surface area contributed by atoms with E-state index < -0.39 is 0 Å². The maximum atomic E-state index is 5.30. The van der Waals surface area contributed by atoms with Crippen molar-refractivity contribution in [2.75, 3.05) is 26.2 Å². The molecule has 1 aliphatic heterocycles. The van der Waals surface area contributed by atoms with Gasteiger partial charge in [-0.15, -0.1) is 12.3 Å². The minimum absolute atomic E-state index is 0.452. The zero-order valence-electron chi connectivity index (χ0n) is 9.52. The summed E-state index contributed by atoms with van der Waals surface area (Å²) in [7, 11) is 0. The van der Waals surface area contributed by atoms with Crippen LogP contribution in [0.25, 0.3) is 0 Å². The Morgan fingerprint density at radius 2 is 2.19 bits per heavy atom. The Morgan fingerprint density at radius 3 is 2.94 bits per heavy atom. The molecule has 16 heavy (non-hydrogen) atoms. The predicted molar refractivity (Wildman–Crippen MR) is 67.1 cm³/mol. The van der Waals surface area contributed by atoms with E-state index in [9.17, 15) is 0 Å². The molecule has 0 bridgehead atoms. The summed E-state index contributed by atoms with van der Waals surface area (Å²) in [6.07, 6.45) is 6.15. The monoisotopic (exact) mass is 214 g/mol. The fourth-order valence-electron chi connectivity index (χ4n) is 2.15. The number of benzene rings is 1. The first-order chi connectivity index (χ1) is 7.90. The Hall–Kier alpha value is -1.30. The molecule has 1 heterocycles. The van der Waals surface area contributed by atoms with Crippen LogP contribution in [0.4, 0.5) is 0 Å². The van der Waals surface area contributed by atoms with Crippen LogP contribution >= 0.6 is 0 Å². The number of terminal acetylenes is 1. The second-order valence-corrected chi connectivity index (χ2v) is 4.17. The summed E-state index contributed by atoms with van der Waals surface area (Å²) in [4.78, 5) is 2.44. The fraction of sp³-hybridized carbons (Fsp3) is 0.429. The lowest BCUT2D eigenvalue weighted by Crippen LogP contribution is -2.45. The van der Waals surface area contributed by atoms with E-state index >= 15 is 0 Å². The topological polar surface area (TPSA) is 15.3 Å². The van der Waals surface area contributed by atoms with E-state index in [-0.39, 0.29) is 0 Å². The SMILES string of the molecule is C#CCCN1CCNC(c2ccccc2)C1. The molecule has 1 aromatic rings. The molecule has 1 unspecified atom stereocenters. The third kappa shape index (κ3) is 2.85. The molecule has 1 aliphatic rings. The van der Waals surface area contributed by atoms with Crippen LogP contribution in [0.2, 0.25) is 0 Å². The predicted octanol–water partition coefficient (Wildman–Crippen LogP) is 1.66. The molecule has 2 nitrogen and oxygen atoms in total. The van der Waals surface area contributed by atoms with Crippen LogP contribution in [0.1, 0.15) is 18.0 Å². The summed E-state index contributed by atoms with van der Waals surface area (Å²) in [5, 5.41) is 3.55. The molecular formula is C14H18N2. The van der Waals surface area contributed by atoms with Gasteiger partial charge in [-0.1, -0.05) is 30.3 Å². The van der Waals surface area contributed by atoms with Gasteiger partial charge in [-0.3, -0.25) is 4.90 Å². The fourth-order valence-corrected chi connectivity index (χ4v) is 2.15. The van der Waals surface area contributed by atoms with Gasteiger partial charge in [-0.2, -0.15) is 0 Å². The number of nitrogens with zero attached hydrogens (tertiary/aromatic N) is 1. The van der Waals surface area contributed by atoms with E-state index in [1.165, 1.54) is 5.56 Å². The molecule has 0 radical (unpaired) electrons. The summed E-state index contributed by atoms with van der Waals surface area (Å²) in [6, 6.07) is 11.1. The minimum atomic E-state index is 0.452. The average Bonchev–Trinajstić information content (AvgIpc) is 2.38. The average molecular weight is 214 g/mol. The van der Waals surface area contributed by atoms with Gasteiger partial charge in [0, 0.05) is 38.6 Å². The van der Waals surface area contributed by atoms with Crippen molar-refractivity contribution in [2.45, 2.75) is 12.5 Å². The number of nitrogens with one attached hydrogen (secondary N) is 1. The molecule has 1 aromatic carbocycles. The lowest BCUT2D eigenvalue weighted by atomic mass is 10.0. The molecule has 84 valence electrons. The molecule has 1 N–H and O–H groups in total. The van der Waals surface area contributed by atoms with E-state index in [1.54, 1.807) is 0 Å². The molecule has 0 aromatic heterocycles. The molecule has 0 spiro atoms. The maximum Gasteiger partial charge on any atom is 0.0449 e. The summed E-state index contributed by atoms with van der Waals surface area (Å²) in [6.45, 7) is 4.22. The Balaban J connectivity index is 1.94. The van der Waals surface area contributed by atoms with E-state index in [0.29, 0.717) is 6.04 Å². The van der Waals surface area contributed by atoms with Gasteiger partial charge < -0.3 is 5.32 Å². The molecular weight excluding hydrogens is 196 g/mol. The van der Waals surface area contributed by atoms with Crippen molar-refractivity contribution in [3.63, 3.8) is 0 Å². The van der Waals surface area contributed by atoms with Gasteiger partial charge in [0.2, 0.25) is 0 Å². The number of piperazine rings is 1. The quantitative estimate of drug-likeness (QED) is 0.770. The minimum Gasteiger partial charge on any atom is -0.308 e. The molecule has 0 amide bonds. The first kappa shape index (κ1) is 11.2. The third-order valence-electron chi connectivity index (χ3n) is 3.03. The van der Waals surface area contributed by atoms with Gasteiger partial charge in [0.15, 0.2) is 0 Å². The number of hydrogen-bond donors (Lipinski definition) is 1. The van der Waals surface area contributed by atoms with Crippen molar-refractivity contribution in [1.29, 1.82) is 0 Å². The lowest BCUT2D eigenvalue weighted by molar-refractivity contribution is 0.205. The second-order valence-electron chi connectivity index (χ2n) is 4.17. The molecule has 0 aliphatic carbocycles. The van der Waals surface area contributed by atoms with Crippen molar-refractivity contribution < 1.29 is 0 Å². The third-order valence-corrected chi connectivity index (χ3v) is 3.03. The molecule has 0 saturated carbocycles. The molecule has 2 rings (SSSR count). The van der Waals surface area contributed by atoms with E-state index in [4.69, 9.17) is 6.42 Å². The van der Waals surface area contributed by atoms with Gasteiger partial charge in [0.1, 0.15) is 0 Å². The van der Waals surface area contributed by atoms with Crippen molar-refractivity contribution in [2.24, 2.45) is 0 Å². The van der Waals surface area contributed by atoms with Crippen LogP contribution in [0.5, 0.6) is 0 Å². The number of rotatable bonds is 3. The van der Waals surface area contributed by atoms with Crippen molar-refractivity contribution >= 4 is 0 Å². The summed E-state index contributed by atoms with van der Waals surface area (Å²) in [5.74, 6) is 2.71. The summed E-state index contributed by atoms with van der Waals surface area (Å²) >= 11 is 0. The van der Waals surface area contributed by atoms with E-state index in [2.05, 4.69) is 46.5 Å². The summed E-state index contributed by atoms with van der Waals surface area (Å²) in [5.41, 5.74) is 1.37. The van der Waals surface area contributed by atoms with Crippen LogP contribution in [-0.4, -0.2) is 31.1 Å². The zero-order valence-corrected chi connectivity index (χ0v) is 9.52. The highest BCUT2D eigenvalue weighted by atomic mass is 15.2. The normalized spacial score (nSPS) is 21.6. The highest BCUT2D eigenvalue weighted by Gasteiger charge is 2.19.